The molecule has 10 heteroatoms. The first-order valence-electron chi connectivity index (χ1n) is 6.66. The van der Waals surface area contributed by atoms with Gasteiger partial charge in [0.15, 0.2) is 5.82 Å². The fourth-order valence-electron chi connectivity index (χ4n) is 2.11. The quantitative estimate of drug-likeness (QED) is 0.616. The summed E-state index contributed by atoms with van der Waals surface area (Å²) in [6, 6.07) is 4.10. The van der Waals surface area contributed by atoms with Crippen molar-refractivity contribution in [1.82, 2.24) is 14.9 Å². The van der Waals surface area contributed by atoms with Gasteiger partial charge in [0.05, 0.1) is 17.3 Å². The van der Waals surface area contributed by atoms with Crippen LogP contribution in [-0.2, 0) is 11.3 Å². The Morgan fingerprint density at radius 2 is 2.04 bits per heavy atom. The lowest BCUT2D eigenvalue weighted by Gasteiger charge is -2.24. The van der Waals surface area contributed by atoms with Gasteiger partial charge in [-0.25, -0.2) is 14.4 Å². The number of hydrogen-bond acceptors (Lipinski definition) is 5. The molecule has 3 rings (SSSR count). The van der Waals surface area contributed by atoms with Crippen molar-refractivity contribution in [3.05, 3.63) is 40.0 Å². The van der Waals surface area contributed by atoms with Gasteiger partial charge in [-0.15, -0.1) is 0 Å². The number of carbonyl (C=O) groups is 1. The van der Waals surface area contributed by atoms with Gasteiger partial charge in [0.25, 0.3) is 0 Å². The molecule has 0 aliphatic carbocycles. The van der Waals surface area contributed by atoms with Crippen LogP contribution in [0.5, 0.6) is 0 Å². The second kappa shape index (κ2) is 6.51. The predicted molar refractivity (Wildman–Crippen MR) is 90.9 cm³/mol. The largest absolute Gasteiger partial charge is 0.338 e. The fraction of sp³-hybridized carbons (Fsp3) is 0.143. The molecule has 0 saturated carbocycles. The van der Waals surface area contributed by atoms with Crippen LogP contribution in [0.3, 0.4) is 0 Å². The van der Waals surface area contributed by atoms with E-state index in [0.29, 0.717) is 17.1 Å². The number of amidine groups is 1. The monoisotopic (exact) mass is 387 g/mol. The molecule has 124 valence electrons. The minimum absolute atomic E-state index is 0.00103. The predicted octanol–water partition coefficient (Wildman–Crippen LogP) is 4.25. The molecule has 2 heterocycles. The van der Waals surface area contributed by atoms with Crippen LogP contribution in [0.1, 0.15) is 12.6 Å². The van der Waals surface area contributed by atoms with Crippen molar-refractivity contribution >= 4 is 63.2 Å². The highest BCUT2D eigenvalue weighted by atomic mass is 35.5. The van der Waals surface area contributed by atoms with Gasteiger partial charge in [-0.05, 0) is 41.4 Å². The summed E-state index contributed by atoms with van der Waals surface area (Å²) in [5, 5.41) is 2.88. The maximum Gasteiger partial charge on any atom is 0.226 e. The van der Waals surface area contributed by atoms with Crippen LogP contribution in [0.4, 0.5) is 21.6 Å². The standard InChI is InChI=1S/C14H9Cl3FN5O/c1-6(24)23-5-10-11(21-14(23)17)12(22-13(16)20-10)19-7-2-3-9(18)8(15)4-7/h2-4H,5H2,1H3,(H,19,20,22). The number of amides is 1. The number of fused-ring (bicyclic) bond motifs is 1. The number of halogens is 4. The molecular weight excluding hydrogens is 380 g/mol. The van der Waals surface area contributed by atoms with Crippen LogP contribution in [0.25, 0.3) is 0 Å². The molecule has 1 aliphatic heterocycles. The summed E-state index contributed by atoms with van der Waals surface area (Å²) < 4.78 is 13.3. The highest BCUT2D eigenvalue weighted by molar-refractivity contribution is 6.66. The smallest absolute Gasteiger partial charge is 0.226 e. The molecule has 24 heavy (non-hydrogen) atoms. The zero-order valence-electron chi connectivity index (χ0n) is 12.1. The first-order valence-corrected chi connectivity index (χ1v) is 7.79. The van der Waals surface area contributed by atoms with E-state index in [1.54, 1.807) is 0 Å². The second-order valence-electron chi connectivity index (χ2n) is 4.88. The molecule has 0 atom stereocenters. The summed E-state index contributed by atoms with van der Waals surface area (Å²) >= 11 is 17.7. The van der Waals surface area contributed by atoms with Crippen LogP contribution in [0.15, 0.2) is 23.2 Å². The van der Waals surface area contributed by atoms with E-state index >= 15 is 0 Å². The Hall–Kier alpha value is -1.96. The first kappa shape index (κ1) is 16.9. The van der Waals surface area contributed by atoms with E-state index in [4.69, 9.17) is 34.8 Å². The van der Waals surface area contributed by atoms with Gasteiger partial charge in [0.1, 0.15) is 11.5 Å². The molecule has 1 aliphatic rings. The molecule has 1 aromatic heterocycles. The average molecular weight is 389 g/mol. The van der Waals surface area contributed by atoms with Crippen molar-refractivity contribution in [2.75, 3.05) is 5.32 Å². The number of hydrogen-bond donors (Lipinski definition) is 1. The van der Waals surface area contributed by atoms with Crippen LogP contribution >= 0.6 is 34.8 Å². The molecule has 0 radical (unpaired) electrons. The first-order chi connectivity index (χ1) is 11.3. The summed E-state index contributed by atoms with van der Waals surface area (Å²) in [6.07, 6.45) is 0. The molecule has 1 aromatic carbocycles. The maximum atomic E-state index is 13.3. The normalized spacial score (nSPS) is 13.4. The Labute approximate surface area is 151 Å². The minimum atomic E-state index is -0.539. The second-order valence-corrected chi connectivity index (χ2v) is 5.96. The SMILES string of the molecule is CC(=O)N1Cc2nc(Cl)nc(Nc3ccc(F)c(Cl)c3)c2N=C1Cl. The maximum absolute atomic E-state index is 13.3. The number of nitrogens with zero attached hydrogens (tertiary/aromatic N) is 4. The van der Waals surface area contributed by atoms with E-state index < -0.39 is 5.82 Å². The molecule has 6 nitrogen and oxygen atoms in total. The zero-order valence-corrected chi connectivity index (χ0v) is 14.4. The molecule has 1 N–H and O–H groups in total. The van der Waals surface area contributed by atoms with E-state index in [2.05, 4.69) is 20.3 Å². The van der Waals surface area contributed by atoms with Crippen molar-refractivity contribution in [2.24, 2.45) is 4.99 Å². The Bertz CT molecular complexity index is 874. The third-order valence-corrected chi connectivity index (χ3v) is 3.97. The summed E-state index contributed by atoms with van der Waals surface area (Å²) in [4.78, 5) is 25.1. The number of aromatic nitrogens is 2. The number of benzene rings is 1. The zero-order chi connectivity index (χ0) is 17.4. The Balaban J connectivity index is 2.03. The Kier molecular flexibility index (Phi) is 4.58. The van der Waals surface area contributed by atoms with Gasteiger partial charge >= 0.3 is 0 Å². The summed E-state index contributed by atoms with van der Waals surface area (Å²) in [6.45, 7) is 1.49. The molecule has 0 unspecified atom stereocenters. The van der Waals surface area contributed by atoms with Gasteiger partial charge in [0.2, 0.25) is 16.5 Å². The third kappa shape index (κ3) is 3.28. The lowest BCUT2D eigenvalue weighted by molar-refractivity contribution is -0.125. The lowest BCUT2D eigenvalue weighted by atomic mass is 10.2. The third-order valence-electron chi connectivity index (χ3n) is 3.23. The van der Waals surface area contributed by atoms with Gasteiger partial charge in [0, 0.05) is 12.6 Å². The topological polar surface area (TPSA) is 70.5 Å². The van der Waals surface area contributed by atoms with Crippen LogP contribution in [0, 0.1) is 5.82 Å². The van der Waals surface area contributed by atoms with Crippen LogP contribution < -0.4 is 5.32 Å². The molecule has 0 saturated heterocycles. The molecule has 0 spiro atoms. The number of nitrogens with one attached hydrogen (secondary N) is 1. The molecule has 1 amide bonds. The van der Waals surface area contributed by atoms with Crippen molar-refractivity contribution in [1.29, 1.82) is 0 Å². The van der Waals surface area contributed by atoms with Crippen molar-refractivity contribution in [2.45, 2.75) is 13.5 Å². The van der Waals surface area contributed by atoms with E-state index in [1.807, 2.05) is 0 Å². The number of anilines is 2. The molecule has 0 bridgehead atoms. The van der Waals surface area contributed by atoms with Crippen LogP contribution in [0.2, 0.25) is 10.3 Å². The van der Waals surface area contributed by atoms with Gasteiger partial charge in [-0.1, -0.05) is 11.6 Å². The fourth-order valence-corrected chi connectivity index (χ4v) is 2.74. The summed E-state index contributed by atoms with van der Waals surface area (Å²) in [5.74, 6) is -0.541. The van der Waals surface area contributed by atoms with E-state index in [-0.39, 0.29) is 33.9 Å². The van der Waals surface area contributed by atoms with Crippen molar-refractivity contribution < 1.29 is 9.18 Å². The highest BCUT2D eigenvalue weighted by Crippen LogP contribution is 2.35. The number of rotatable bonds is 2. The minimum Gasteiger partial charge on any atom is -0.338 e. The highest BCUT2D eigenvalue weighted by Gasteiger charge is 2.26. The van der Waals surface area contributed by atoms with Crippen LogP contribution in [-0.4, -0.2) is 26.1 Å². The van der Waals surface area contributed by atoms with Crippen molar-refractivity contribution in [3.8, 4) is 0 Å². The molecule has 0 fully saturated rings. The van der Waals surface area contributed by atoms with E-state index in [0.717, 1.165) is 0 Å². The Morgan fingerprint density at radius 1 is 1.29 bits per heavy atom. The number of aliphatic imine (C=N–C) groups is 1. The van der Waals surface area contributed by atoms with Crippen molar-refractivity contribution in [3.63, 3.8) is 0 Å². The van der Waals surface area contributed by atoms with Gasteiger partial charge < -0.3 is 5.32 Å². The van der Waals surface area contributed by atoms with E-state index in [9.17, 15) is 9.18 Å². The summed E-state index contributed by atoms with van der Waals surface area (Å²) in [5.41, 5.74) is 1.27. The number of carbonyl (C=O) groups excluding carboxylic acids is 1. The Morgan fingerprint density at radius 3 is 2.71 bits per heavy atom. The molecule has 2 aromatic rings. The van der Waals surface area contributed by atoms with Gasteiger partial charge in [-0.2, -0.15) is 4.98 Å². The average Bonchev–Trinajstić information content (AvgIpc) is 2.51. The summed E-state index contributed by atoms with van der Waals surface area (Å²) in [7, 11) is 0. The molecular formula is C14H9Cl3FN5O. The van der Waals surface area contributed by atoms with Gasteiger partial charge in [-0.3, -0.25) is 9.69 Å². The lowest BCUT2D eigenvalue weighted by Crippen LogP contribution is -2.34. The van der Waals surface area contributed by atoms with E-state index in [1.165, 1.54) is 30.0 Å².